The van der Waals surface area contributed by atoms with Gasteiger partial charge in [-0.3, -0.25) is 0 Å². The summed E-state index contributed by atoms with van der Waals surface area (Å²) in [5.74, 6) is 0. The van der Waals surface area contributed by atoms with Crippen molar-refractivity contribution >= 4 is 0 Å². The highest BCUT2D eigenvalue weighted by Gasteiger charge is 2.14. The van der Waals surface area contributed by atoms with Crippen molar-refractivity contribution in [3.05, 3.63) is 35.4 Å². The number of hydrogen-bond donors (Lipinski definition) is 1. The maximum Gasteiger partial charge on any atom is 0.0451 e. The Kier molecular flexibility index (Phi) is 7.76. The summed E-state index contributed by atoms with van der Waals surface area (Å²) in [4.78, 5) is 2.45. The zero-order valence-electron chi connectivity index (χ0n) is 13.1. The van der Waals surface area contributed by atoms with Gasteiger partial charge in [0.2, 0.25) is 0 Å². The van der Waals surface area contributed by atoms with Gasteiger partial charge in [-0.15, -0.1) is 0 Å². The van der Waals surface area contributed by atoms with Crippen molar-refractivity contribution in [2.45, 2.75) is 46.1 Å². The average Bonchev–Trinajstić information content (AvgIpc) is 2.42. The lowest BCUT2D eigenvalue weighted by atomic mass is 10.0. The summed E-state index contributed by atoms with van der Waals surface area (Å²) in [5.41, 5.74) is 2.83. The van der Waals surface area contributed by atoms with Crippen LogP contribution in [0.3, 0.4) is 0 Å². The fraction of sp³-hybridized carbons (Fsp3) is 0.647. The molecule has 0 radical (unpaired) electrons. The van der Waals surface area contributed by atoms with Crippen LogP contribution in [0.15, 0.2) is 24.3 Å². The molecule has 0 bridgehead atoms. The standard InChI is InChI=1S/C17H30N2/c1-5-7-13-19(4)14-17(18-12-6-2)16-11-9-8-10-15(16)3/h8-11,17-18H,5-7,12-14H2,1-4H3. The van der Waals surface area contributed by atoms with Crippen LogP contribution in [0.25, 0.3) is 0 Å². The Morgan fingerprint density at radius 3 is 2.53 bits per heavy atom. The highest BCUT2D eigenvalue weighted by atomic mass is 15.1. The number of rotatable bonds is 9. The van der Waals surface area contributed by atoms with Crippen LogP contribution in [0.5, 0.6) is 0 Å². The molecule has 0 aliphatic carbocycles. The van der Waals surface area contributed by atoms with Crippen LogP contribution in [-0.2, 0) is 0 Å². The van der Waals surface area contributed by atoms with E-state index in [9.17, 15) is 0 Å². The molecule has 0 aliphatic rings. The van der Waals surface area contributed by atoms with E-state index in [4.69, 9.17) is 0 Å². The molecule has 1 rings (SSSR count). The van der Waals surface area contributed by atoms with Crippen molar-refractivity contribution in [2.24, 2.45) is 0 Å². The zero-order valence-corrected chi connectivity index (χ0v) is 13.1. The number of benzene rings is 1. The molecule has 0 amide bonds. The van der Waals surface area contributed by atoms with E-state index in [1.165, 1.54) is 36.9 Å². The Morgan fingerprint density at radius 1 is 1.16 bits per heavy atom. The Morgan fingerprint density at radius 2 is 1.89 bits per heavy atom. The monoisotopic (exact) mass is 262 g/mol. The first-order chi connectivity index (χ1) is 9.19. The Balaban J connectivity index is 2.69. The smallest absolute Gasteiger partial charge is 0.0451 e. The molecule has 1 aromatic rings. The second kappa shape index (κ2) is 9.11. The van der Waals surface area contributed by atoms with E-state index in [-0.39, 0.29) is 0 Å². The van der Waals surface area contributed by atoms with Gasteiger partial charge in [0, 0.05) is 12.6 Å². The highest BCUT2D eigenvalue weighted by molar-refractivity contribution is 5.29. The van der Waals surface area contributed by atoms with Crippen LogP contribution in [0, 0.1) is 6.92 Å². The summed E-state index contributed by atoms with van der Waals surface area (Å²) >= 11 is 0. The lowest BCUT2D eigenvalue weighted by Gasteiger charge is -2.26. The number of hydrogen-bond acceptors (Lipinski definition) is 2. The first-order valence-electron chi connectivity index (χ1n) is 7.66. The van der Waals surface area contributed by atoms with Crippen molar-refractivity contribution in [2.75, 3.05) is 26.7 Å². The average molecular weight is 262 g/mol. The molecule has 0 saturated carbocycles. The zero-order chi connectivity index (χ0) is 14.1. The van der Waals surface area contributed by atoms with E-state index >= 15 is 0 Å². The molecule has 0 aliphatic heterocycles. The minimum Gasteiger partial charge on any atom is -0.309 e. The van der Waals surface area contributed by atoms with E-state index in [0.29, 0.717) is 6.04 Å². The molecule has 108 valence electrons. The summed E-state index contributed by atoms with van der Waals surface area (Å²) < 4.78 is 0. The second-order valence-corrected chi connectivity index (χ2v) is 5.48. The van der Waals surface area contributed by atoms with Gasteiger partial charge in [0.25, 0.3) is 0 Å². The van der Waals surface area contributed by atoms with Crippen LogP contribution in [0.2, 0.25) is 0 Å². The fourth-order valence-electron chi connectivity index (χ4n) is 2.40. The van der Waals surface area contributed by atoms with Crippen molar-refractivity contribution in [1.82, 2.24) is 10.2 Å². The van der Waals surface area contributed by atoms with E-state index in [1.807, 2.05) is 0 Å². The third-order valence-electron chi connectivity index (χ3n) is 3.59. The van der Waals surface area contributed by atoms with Gasteiger partial charge in [-0.05, 0) is 51.0 Å². The first kappa shape index (κ1) is 16.2. The number of nitrogens with one attached hydrogen (secondary N) is 1. The van der Waals surface area contributed by atoms with Crippen LogP contribution < -0.4 is 5.32 Å². The minimum absolute atomic E-state index is 0.447. The van der Waals surface area contributed by atoms with Gasteiger partial charge in [0.15, 0.2) is 0 Å². The maximum atomic E-state index is 3.69. The summed E-state index contributed by atoms with van der Waals surface area (Å²) in [5, 5.41) is 3.69. The van der Waals surface area contributed by atoms with Crippen LogP contribution in [0.4, 0.5) is 0 Å². The highest BCUT2D eigenvalue weighted by Crippen LogP contribution is 2.18. The fourth-order valence-corrected chi connectivity index (χ4v) is 2.40. The summed E-state index contributed by atoms with van der Waals surface area (Å²) in [7, 11) is 2.23. The molecular weight excluding hydrogens is 232 g/mol. The molecule has 2 nitrogen and oxygen atoms in total. The Labute approximate surface area is 119 Å². The summed E-state index contributed by atoms with van der Waals surface area (Å²) in [6.07, 6.45) is 3.73. The van der Waals surface area contributed by atoms with Crippen molar-refractivity contribution in [3.8, 4) is 0 Å². The van der Waals surface area contributed by atoms with Crippen LogP contribution in [0.1, 0.15) is 50.3 Å². The van der Waals surface area contributed by atoms with Gasteiger partial charge in [-0.2, -0.15) is 0 Å². The molecular formula is C17H30N2. The van der Waals surface area contributed by atoms with Crippen LogP contribution in [-0.4, -0.2) is 31.6 Å². The summed E-state index contributed by atoms with van der Waals surface area (Å²) in [6, 6.07) is 9.19. The molecule has 0 spiro atoms. The minimum atomic E-state index is 0.447. The molecule has 0 saturated heterocycles. The van der Waals surface area contributed by atoms with E-state index in [1.54, 1.807) is 0 Å². The Hall–Kier alpha value is -0.860. The van der Waals surface area contributed by atoms with Gasteiger partial charge < -0.3 is 10.2 Å². The third-order valence-corrected chi connectivity index (χ3v) is 3.59. The van der Waals surface area contributed by atoms with Gasteiger partial charge >= 0.3 is 0 Å². The third kappa shape index (κ3) is 5.75. The quantitative estimate of drug-likeness (QED) is 0.729. The number of unbranched alkanes of at least 4 members (excludes halogenated alkanes) is 1. The van der Waals surface area contributed by atoms with Crippen molar-refractivity contribution in [1.29, 1.82) is 0 Å². The largest absolute Gasteiger partial charge is 0.309 e. The maximum absolute atomic E-state index is 3.69. The van der Waals surface area contributed by atoms with Gasteiger partial charge in [-0.1, -0.05) is 44.5 Å². The van der Waals surface area contributed by atoms with Crippen molar-refractivity contribution < 1.29 is 0 Å². The van der Waals surface area contributed by atoms with Crippen molar-refractivity contribution in [3.63, 3.8) is 0 Å². The van der Waals surface area contributed by atoms with E-state index in [2.05, 4.69) is 62.3 Å². The molecule has 1 atom stereocenters. The molecule has 2 heteroatoms. The number of nitrogens with zero attached hydrogens (tertiary/aromatic N) is 1. The lowest BCUT2D eigenvalue weighted by molar-refractivity contribution is 0.286. The molecule has 0 aromatic heterocycles. The Bertz CT molecular complexity index is 349. The lowest BCUT2D eigenvalue weighted by Crippen LogP contribution is -2.34. The SMILES string of the molecule is CCCCN(C)CC(NCCC)c1ccccc1C. The molecule has 0 heterocycles. The van der Waals surface area contributed by atoms with E-state index in [0.717, 1.165) is 13.1 Å². The normalized spacial score (nSPS) is 12.9. The van der Waals surface area contributed by atoms with Crippen LogP contribution >= 0.6 is 0 Å². The molecule has 0 fully saturated rings. The van der Waals surface area contributed by atoms with Gasteiger partial charge in [0.1, 0.15) is 0 Å². The molecule has 1 N–H and O–H groups in total. The predicted octanol–water partition coefficient (Wildman–Crippen LogP) is 3.77. The van der Waals surface area contributed by atoms with Gasteiger partial charge in [-0.25, -0.2) is 0 Å². The second-order valence-electron chi connectivity index (χ2n) is 5.48. The van der Waals surface area contributed by atoms with Gasteiger partial charge in [0.05, 0.1) is 0 Å². The summed E-state index contributed by atoms with van der Waals surface area (Å²) in [6.45, 7) is 10.0. The molecule has 1 aromatic carbocycles. The molecule has 1 unspecified atom stereocenters. The number of likely N-dealkylation sites (N-methyl/N-ethyl adjacent to an activating group) is 1. The number of aryl methyl sites for hydroxylation is 1. The molecule has 19 heavy (non-hydrogen) atoms. The first-order valence-corrected chi connectivity index (χ1v) is 7.66. The van der Waals surface area contributed by atoms with E-state index < -0.39 is 0 Å². The predicted molar refractivity (Wildman–Crippen MR) is 84.6 cm³/mol. The topological polar surface area (TPSA) is 15.3 Å².